The first-order valence-electron chi connectivity index (χ1n) is 6.67. The van der Waals surface area contributed by atoms with Gasteiger partial charge in [-0.15, -0.1) is 0 Å². The molecule has 0 aliphatic carbocycles. The number of carbonyl (C=O) groups excluding carboxylic acids is 1. The smallest absolute Gasteiger partial charge is 0.415 e. The molecule has 0 radical (unpaired) electrons. The van der Waals surface area contributed by atoms with Crippen LogP contribution in [0.15, 0.2) is 22.7 Å². The fourth-order valence-electron chi connectivity index (χ4n) is 2.21. The van der Waals surface area contributed by atoms with Crippen molar-refractivity contribution in [3.63, 3.8) is 0 Å². The van der Waals surface area contributed by atoms with Gasteiger partial charge < -0.3 is 10.1 Å². The third-order valence-corrected chi connectivity index (χ3v) is 3.59. The maximum Gasteiger partial charge on any atom is 0.415 e. The van der Waals surface area contributed by atoms with E-state index in [-0.39, 0.29) is 11.6 Å². The summed E-state index contributed by atoms with van der Waals surface area (Å²) in [4.78, 5) is 14.3. The van der Waals surface area contributed by atoms with E-state index in [1.807, 2.05) is 52.8 Å². The van der Waals surface area contributed by atoms with Crippen molar-refractivity contribution in [2.24, 2.45) is 0 Å². The standard InChI is InChI=1S/C15H21BrN2O2/c1-14(2,3)20-13(19)18-12-7-6-10(16)8-11(12)17-9-15(18,4)5/h6-8,17H,9H2,1-5H3. The number of amides is 1. The summed E-state index contributed by atoms with van der Waals surface area (Å²) in [5, 5.41) is 3.36. The molecule has 0 saturated carbocycles. The van der Waals surface area contributed by atoms with Crippen LogP contribution in [0.5, 0.6) is 0 Å². The molecule has 1 amide bonds. The van der Waals surface area contributed by atoms with Gasteiger partial charge in [0.05, 0.1) is 16.9 Å². The van der Waals surface area contributed by atoms with E-state index in [4.69, 9.17) is 4.74 Å². The summed E-state index contributed by atoms with van der Waals surface area (Å²) in [7, 11) is 0. The van der Waals surface area contributed by atoms with Crippen LogP contribution in [-0.2, 0) is 4.74 Å². The molecule has 110 valence electrons. The zero-order chi connectivity index (χ0) is 15.1. The second-order valence-corrected chi connectivity index (χ2v) is 7.56. The third kappa shape index (κ3) is 3.08. The van der Waals surface area contributed by atoms with Gasteiger partial charge in [-0.05, 0) is 52.8 Å². The minimum atomic E-state index is -0.506. The van der Waals surface area contributed by atoms with E-state index in [9.17, 15) is 4.79 Å². The van der Waals surface area contributed by atoms with E-state index in [0.29, 0.717) is 6.54 Å². The Kier molecular flexibility index (Phi) is 3.75. The number of fused-ring (bicyclic) bond motifs is 1. The molecule has 4 nitrogen and oxygen atoms in total. The Morgan fingerprint density at radius 2 is 2.05 bits per heavy atom. The maximum absolute atomic E-state index is 12.5. The molecule has 1 aromatic rings. The van der Waals surface area contributed by atoms with Gasteiger partial charge in [-0.25, -0.2) is 4.79 Å². The molecule has 1 aliphatic rings. The monoisotopic (exact) mass is 340 g/mol. The molecule has 1 aliphatic heterocycles. The lowest BCUT2D eigenvalue weighted by Crippen LogP contribution is -2.56. The van der Waals surface area contributed by atoms with Crippen LogP contribution in [0.4, 0.5) is 16.2 Å². The van der Waals surface area contributed by atoms with Gasteiger partial charge in [-0.1, -0.05) is 15.9 Å². The zero-order valence-electron chi connectivity index (χ0n) is 12.6. The van der Waals surface area contributed by atoms with Crippen molar-refractivity contribution in [3.05, 3.63) is 22.7 Å². The van der Waals surface area contributed by atoms with Crippen molar-refractivity contribution in [3.8, 4) is 0 Å². The van der Waals surface area contributed by atoms with Crippen LogP contribution in [0.1, 0.15) is 34.6 Å². The Hall–Kier alpha value is -1.23. The highest BCUT2D eigenvalue weighted by atomic mass is 79.9. The normalized spacial score (nSPS) is 17.2. The molecule has 0 bridgehead atoms. The van der Waals surface area contributed by atoms with E-state index >= 15 is 0 Å². The Balaban J connectivity index is 2.41. The largest absolute Gasteiger partial charge is 0.443 e. The van der Waals surface area contributed by atoms with Gasteiger partial charge in [-0.3, -0.25) is 4.90 Å². The molecular weight excluding hydrogens is 320 g/mol. The van der Waals surface area contributed by atoms with Gasteiger partial charge in [0.1, 0.15) is 5.60 Å². The summed E-state index contributed by atoms with van der Waals surface area (Å²) in [6, 6.07) is 5.83. The van der Waals surface area contributed by atoms with Gasteiger partial charge in [0, 0.05) is 11.0 Å². The Morgan fingerprint density at radius 3 is 2.65 bits per heavy atom. The van der Waals surface area contributed by atoms with Gasteiger partial charge in [0.15, 0.2) is 0 Å². The van der Waals surface area contributed by atoms with E-state index in [1.165, 1.54) is 0 Å². The summed E-state index contributed by atoms with van der Waals surface area (Å²) >= 11 is 3.45. The summed E-state index contributed by atoms with van der Waals surface area (Å²) < 4.78 is 6.53. The van der Waals surface area contributed by atoms with Crippen LogP contribution in [0.3, 0.4) is 0 Å². The van der Waals surface area contributed by atoms with Crippen molar-refractivity contribution < 1.29 is 9.53 Å². The van der Waals surface area contributed by atoms with Gasteiger partial charge in [-0.2, -0.15) is 0 Å². The predicted octanol–water partition coefficient (Wildman–Crippen LogP) is 4.39. The number of rotatable bonds is 0. The highest BCUT2D eigenvalue weighted by molar-refractivity contribution is 9.10. The van der Waals surface area contributed by atoms with Crippen LogP contribution >= 0.6 is 15.9 Å². The number of hydrogen-bond acceptors (Lipinski definition) is 3. The van der Waals surface area contributed by atoms with E-state index in [2.05, 4.69) is 21.2 Å². The Labute approximate surface area is 128 Å². The molecule has 0 unspecified atom stereocenters. The molecule has 1 aromatic carbocycles. The van der Waals surface area contributed by atoms with Gasteiger partial charge in [0.2, 0.25) is 0 Å². The molecule has 0 saturated heterocycles. The predicted molar refractivity (Wildman–Crippen MR) is 85.4 cm³/mol. The third-order valence-electron chi connectivity index (χ3n) is 3.09. The van der Waals surface area contributed by atoms with Crippen molar-refractivity contribution in [2.45, 2.75) is 45.8 Å². The fraction of sp³-hybridized carbons (Fsp3) is 0.533. The van der Waals surface area contributed by atoms with Crippen LogP contribution in [0, 0.1) is 0 Å². The molecule has 0 atom stereocenters. The lowest BCUT2D eigenvalue weighted by Gasteiger charge is -2.43. The van der Waals surface area contributed by atoms with Crippen LogP contribution in [-0.4, -0.2) is 23.8 Å². The van der Waals surface area contributed by atoms with Crippen molar-refractivity contribution >= 4 is 33.4 Å². The summed E-state index contributed by atoms with van der Waals surface area (Å²) in [5.74, 6) is 0. The van der Waals surface area contributed by atoms with E-state index in [0.717, 1.165) is 15.8 Å². The topological polar surface area (TPSA) is 41.6 Å². The number of anilines is 2. The van der Waals surface area contributed by atoms with Gasteiger partial charge in [0.25, 0.3) is 0 Å². The van der Waals surface area contributed by atoms with Crippen molar-refractivity contribution in [1.29, 1.82) is 0 Å². The summed E-state index contributed by atoms with van der Waals surface area (Å²) in [6.07, 6.45) is -0.312. The minimum Gasteiger partial charge on any atom is -0.443 e. The first kappa shape index (κ1) is 15.2. The number of carbonyl (C=O) groups is 1. The molecule has 5 heteroatoms. The maximum atomic E-state index is 12.5. The minimum absolute atomic E-state index is 0.312. The lowest BCUT2D eigenvalue weighted by atomic mass is 9.98. The quantitative estimate of drug-likeness (QED) is 0.761. The number of benzene rings is 1. The molecule has 2 rings (SSSR count). The van der Waals surface area contributed by atoms with E-state index < -0.39 is 5.60 Å². The number of hydrogen-bond donors (Lipinski definition) is 1. The average molecular weight is 341 g/mol. The van der Waals surface area contributed by atoms with Crippen molar-refractivity contribution in [1.82, 2.24) is 0 Å². The Bertz CT molecular complexity index is 535. The van der Waals surface area contributed by atoms with Crippen molar-refractivity contribution in [2.75, 3.05) is 16.8 Å². The number of nitrogens with zero attached hydrogens (tertiary/aromatic N) is 1. The fourth-order valence-corrected chi connectivity index (χ4v) is 2.58. The second-order valence-electron chi connectivity index (χ2n) is 6.64. The summed E-state index contributed by atoms with van der Waals surface area (Å²) in [6.45, 7) is 10.4. The highest BCUT2D eigenvalue weighted by Crippen LogP contribution is 2.38. The van der Waals surface area contributed by atoms with Crippen LogP contribution < -0.4 is 10.2 Å². The zero-order valence-corrected chi connectivity index (χ0v) is 14.2. The number of nitrogens with one attached hydrogen (secondary N) is 1. The molecule has 20 heavy (non-hydrogen) atoms. The number of ether oxygens (including phenoxy) is 1. The average Bonchev–Trinajstić information content (AvgIpc) is 2.26. The first-order chi connectivity index (χ1) is 9.10. The highest BCUT2D eigenvalue weighted by Gasteiger charge is 2.39. The van der Waals surface area contributed by atoms with Crippen LogP contribution in [0.2, 0.25) is 0 Å². The second kappa shape index (κ2) is 4.95. The van der Waals surface area contributed by atoms with E-state index in [1.54, 1.807) is 4.90 Å². The Morgan fingerprint density at radius 1 is 1.40 bits per heavy atom. The lowest BCUT2D eigenvalue weighted by molar-refractivity contribution is 0.0546. The molecule has 0 spiro atoms. The molecule has 0 fully saturated rings. The van der Waals surface area contributed by atoms with Gasteiger partial charge >= 0.3 is 6.09 Å². The molecule has 1 heterocycles. The molecule has 1 N–H and O–H groups in total. The molecule has 0 aromatic heterocycles. The SMILES string of the molecule is CC(C)(C)OC(=O)N1c2ccc(Br)cc2NCC1(C)C. The van der Waals surface area contributed by atoms with Crippen LogP contribution in [0.25, 0.3) is 0 Å². The summed E-state index contributed by atoms with van der Waals surface area (Å²) in [5.41, 5.74) is 0.930. The first-order valence-corrected chi connectivity index (χ1v) is 7.46. The molecular formula is C15H21BrN2O2. The number of halogens is 1.